The van der Waals surface area contributed by atoms with Crippen LogP contribution in [-0.4, -0.2) is 0 Å². The molecule has 0 saturated carbocycles. The van der Waals surface area contributed by atoms with E-state index in [0.29, 0.717) is 0 Å². The highest BCUT2D eigenvalue weighted by atomic mass is 14.0. The normalized spacial score (nSPS) is 12.3. The fraction of sp³-hybridized carbons (Fsp3) is 0.700. The third-order valence-corrected chi connectivity index (χ3v) is 2.44. The molecular weight excluding hydrogens is 240 g/mol. The summed E-state index contributed by atoms with van der Waals surface area (Å²) in [6.07, 6.45) is 14.5. The van der Waals surface area contributed by atoms with Crippen LogP contribution in [0.15, 0.2) is 36.5 Å². The molecule has 0 amide bonds. The van der Waals surface area contributed by atoms with Crippen LogP contribution in [0.25, 0.3) is 0 Å². The number of allylic oxidation sites excluding steroid dienone is 4. The topological polar surface area (TPSA) is 0 Å². The molecule has 120 valence electrons. The summed E-state index contributed by atoms with van der Waals surface area (Å²) in [5, 5.41) is 0. The Morgan fingerprint density at radius 2 is 1.35 bits per heavy atom. The minimum Gasteiger partial charge on any atom is -0.0992 e. The second-order valence-electron chi connectivity index (χ2n) is 4.96. The molecule has 0 bridgehead atoms. The van der Waals surface area contributed by atoms with Crippen LogP contribution in [0.4, 0.5) is 0 Å². The van der Waals surface area contributed by atoms with Gasteiger partial charge in [-0.05, 0) is 12.8 Å². The lowest BCUT2D eigenvalue weighted by Gasteiger charge is -2.06. The van der Waals surface area contributed by atoms with Gasteiger partial charge in [-0.25, -0.2) is 0 Å². The second-order valence-corrected chi connectivity index (χ2v) is 4.96. The lowest BCUT2D eigenvalue weighted by Crippen LogP contribution is -1.87. The summed E-state index contributed by atoms with van der Waals surface area (Å²) < 4.78 is 0. The average molecular weight is 281 g/mol. The van der Waals surface area contributed by atoms with Crippen LogP contribution in [0, 0.1) is 0 Å². The summed E-state index contributed by atoms with van der Waals surface area (Å²) in [5.74, 6) is 0. The summed E-state index contributed by atoms with van der Waals surface area (Å²) in [5.41, 5.74) is 2.46. The SMILES string of the molecule is C=C1C=CCC(=C)C1.CC.CCC.CCCCCCC. The molecule has 1 aliphatic rings. The smallest absolute Gasteiger partial charge is 0.00727 e. The van der Waals surface area contributed by atoms with E-state index < -0.39 is 0 Å². The summed E-state index contributed by atoms with van der Waals surface area (Å²) in [6, 6.07) is 0. The minimum atomic E-state index is 0.997. The molecule has 0 aromatic heterocycles. The van der Waals surface area contributed by atoms with Crippen LogP contribution < -0.4 is 0 Å². The van der Waals surface area contributed by atoms with Gasteiger partial charge in [-0.3, -0.25) is 0 Å². The van der Waals surface area contributed by atoms with Crippen molar-refractivity contribution in [2.45, 2.75) is 92.9 Å². The van der Waals surface area contributed by atoms with Gasteiger partial charge in [0, 0.05) is 0 Å². The Morgan fingerprint density at radius 3 is 1.60 bits per heavy atom. The summed E-state index contributed by atoms with van der Waals surface area (Å²) >= 11 is 0. The summed E-state index contributed by atoms with van der Waals surface area (Å²) in [4.78, 5) is 0. The Labute approximate surface area is 130 Å². The van der Waals surface area contributed by atoms with Gasteiger partial charge in [-0.15, -0.1) is 0 Å². The molecule has 0 N–H and O–H groups in total. The lowest BCUT2D eigenvalue weighted by molar-refractivity contribution is 0.656. The highest BCUT2D eigenvalue weighted by molar-refractivity contribution is 5.27. The van der Waals surface area contributed by atoms with Crippen molar-refractivity contribution >= 4 is 0 Å². The molecule has 0 aromatic rings. The molecule has 0 atom stereocenters. The first-order valence-electron chi connectivity index (χ1n) is 8.63. The molecule has 0 nitrogen and oxygen atoms in total. The molecule has 0 heterocycles. The lowest BCUT2D eigenvalue weighted by atomic mass is 9.99. The van der Waals surface area contributed by atoms with E-state index >= 15 is 0 Å². The van der Waals surface area contributed by atoms with Gasteiger partial charge in [-0.1, -0.05) is 117 Å². The first-order chi connectivity index (χ1) is 9.62. The maximum atomic E-state index is 3.85. The molecule has 20 heavy (non-hydrogen) atoms. The molecule has 0 spiro atoms. The van der Waals surface area contributed by atoms with Crippen LogP contribution in [-0.2, 0) is 0 Å². The largest absolute Gasteiger partial charge is 0.0992 e. The van der Waals surface area contributed by atoms with Crippen molar-refractivity contribution in [3.63, 3.8) is 0 Å². The fourth-order valence-corrected chi connectivity index (χ4v) is 1.52. The van der Waals surface area contributed by atoms with Crippen molar-refractivity contribution in [1.82, 2.24) is 0 Å². The molecular formula is C20H40. The van der Waals surface area contributed by atoms with E-state index in [9.17, 15) is 0 Å². The molecule has 0 radical (unpaired) electrons. The van der Waals surface area contributed by atoms with E-state index in [1.165, 1.54) is 49.7 Å². The van der Waals surface area contributed by atoms with Gasteiger partial charge in [0.2, 0.25) is 0 Å². The highest BCUT2D eigenvalue weighted by Gasteiger charge is 1.98. The number of hydrogen-bond donors (Lipinski definition) is 0. The zero-order valence-corrected chi connectivity index (χ0v) is 15.2. The third-order valence-electron chi connectivity index (χ3n) is 2.44. The standard InChI is InChI=1S/C8H10.C7H16.C3H8.C2H6/c1-7-4-3-5-8(2)6-7;1-3-5-7-6-4-2;1-3-2;1-2/h3-4H,1-2,5-6H2;3-7H2,1-2H3;3H2,1-2H3;1-2H3. The fourth-order valence-electron chi connectivity index (χ4n) is 1.52. The Hall–Kier alpha value is -0.780. The zero-order chi connectivity index (χ0) is 16.2. The number of hydrogen-bond acceptors (Lipinski definition) is 0. The van der Waals surface area contributed by atoms with Crippen molar-refractivity contribution in [2.24, 2.45) is 0 Å². The Bertz CT molecular complexity index is 216. The van der Waals surface area contributed by atoms with Crippen LogP contribution in [0.3, 0.4) is 0 Å². The maximum Gasteiger partial charge on any atom is -0.00727 e. The number of unbranched alkanes of at least 4 members (excludes halogenated alkanes) is 4. The summed E-state index contributed by atoms with van der Waals surface area (Å²) in [6.45, 7) is 20.4. The van der Waals surface area contributed by atoms with Crippen LogP contribution >= 0.6 is 0 Å². The minimum absolute atomic E-state index is 0.997. The van der Waals surface area contributed by atoms with Gasteiger partial charge < -0.3 is 0 Å². The number of rotatable bonds is 4. The van der Waals surface area contributed by atoms with Crippen LogP contribution in [0.5, 0.6) is 0 Å². The first-order valence-corrected chi connectivity index (χ1v) is 8.63. The van der Waals surface area contributed by atoms with E-state index in [1.807, 2.05) is 13.8 Å². The molecule has 0 aliphatic heterocycles. The zero-order valence-electron chi connectivity index (χ0n) is 15.2. The van der Waals surface area contributed by atoms with E-state index in [-0.39, 0.29) is 0 Å². The Balaban J connectivity index is -0.000000221. The van der Waals surface area contributed by atoms with Crippen molar-refractivity contribution < 1.29 is 0 Å². The predicted molar refractivity (Wildman–Crippen MR) is 98.4 cm³/mol. The third kappa shape index (κ3) is 25.9. The van der Waals surface area contributed by atoms with Gasteiger partial charge in [0.25, 0.3) is 0 Å². The quantitative estimate of drug-likeness (QED) is 0.363. The average Bonchev–Trinajstić information content (AvgIpc) is 2.43. The molecule has 0 aromatic carbocycles. The van der Waals surface area contributed by atoms with E-state index in [4.69, 9.17) is 0 Å². The van der Waals surface area contributed by atoms with Crippen molar-refractivity contribution in [2.75, 3.05) is 0 Å². The molecule has 0 unspecified atom stereocenters. The van der Waals surface area contributed by atoms with Gasteiger partial charge in [0.15, 0.2) is 0 Å². The molecule has 0 heteroatoms. The van der Waals surface area contributed by atoms with Gasteiger partial charge >= 0.3 is 0 Å². The van der Waals surface area contributed by atoms with E-state index in [1.54, 1.807) is 0 Å². The first kappa shape index (κ1) is 24.3. The Kier molecular flexibility index (Phi) is 28.3. The molecule has 1 rings (SSSR count). The molecule has 1 aliphatic carbocycles. The van der Waals surface area contributed by atoms with Crippen molar-refractivity contribution in [3.05, 3.63) is 36.5 Å². The van der Waals surface area contributed by atoms with Gasteiger partial charge in [0.05, 0.1) is 0 Å². The van der Waals surface area contributed by atoms with E-state index in [0.717, 1.165) is 12.8 Å². The van der Waals surface area contributed by atoms with Crippen LogP contribution in [0.1, 0.15) is 92.9 Å². The highest BCUT2D eigenvalue weighted by Crippen LogP contribution is 2.17. The van der Waals surface area contributed by atoms with Gasteiger partial charge in [0.1, 0.15) is 0 Å². The predicted octanol–water partition coefficient (Wildman–Crippen LogP) is 7.87. The van der Waals surface area contributed by atoms with Gasteiger partial charge in [-0.2, -0.15) is 0 Å². The molecule has 0 fully saturated rings. The second kappa shape index (κ2) is 23.3. The van der Waals surface area contributed by atoms with Crippen LogP contribution in [0.2, 0.25) is 0 Å². The molecule has 0 saturated heterocycles. The van der Waals surface area contributed by atoms with E-state index in [2.05, 4.69) is 53.0 Å². The van der Waals surface area contributed by atoms with Crippen molar-refractivity contribution in [3.8, 4) is 0 Å². The van der Waals surface area contributed by atoms with Crippen molar-refractivity contribution in [1.29, 1.82) is 0 Å². The maximum absolute atomic E-state index is 3.85. The monoisotopic (exact) mass is 280 g/mol. The summed E-state index contributed by atoms with van der Waals surface area (Å²) in [7, 11) is 0. The Morgan fingerprint density at radius 1 is 0.900 bits per heavy atom.